The Labute approximate surface area is 155 Å². The number of phenols is 1. The van der Waals surface area contributed by atoms with Gasteiger partial charge in [-0.1, -0.05) is 29.3 Å². The van der Waals surface area contributed by atoms with Crippen molar-refractivity contribution in [1.29, 1.82) is 0 Å². The third-order valence-electron chi connectivity index (χ3n) is 3.85. The van der Waals surface area contributed by atoms with Gasteiger partial charge in [0.2, 0.25) is 5.60 Å². The van der Waals surface area contributed by atoms with E-state index in [9.17, 15) is 15.0 Å². The minimum absolute atomic E-state index is 0.0632. The van der Waals surface area contributed by atoms with Gasteiger partial charge in [0.25, 0.3) is 0 Å². The predicted molar refractivity (Wildman–Crippen MR) is 95.5 cm³/mol. The van der Waals surface area contributed by atoms with Crippen LogP contribution in [0.1, 0.15) is 19.4 Å². The van der Waals surface area contributed by atoms with Crippen molar-refractivity contribution in [2.45, 2.75) is 32.2 Å². The summed E-state index contributed by atoms with van der Waals surface area (Å²) < 4.78 is 11.3. The van der Waals surface area contributed by atoms with E-state index in [2.05, 4.69) is 0 Å². The maximum atomic E-state index is 11.8. The summed E-state index contributed by atoms with van der Waals surface area (Å²) in [7, 11) is 0. The lowest BCUT2D eigenvalue weighted by atomic mass is 10.00. The van der Waals surface area contributed by atoms with Gasteiger partial charge in [-0.2, -0.15) is 0 Å². The molecule has 5 nitrogen and oxygen atoms in total. The van der Waals surface area contributed by atoms with E-state index in [1.54, 1.807) is 25.1 Å². The fourth-order valence-corrected chi connectivity index (χ4v) is 2.39. The van der Waals surface area contributed by atoms with Crippen LogP contribution >= 0.6 is 23.2 Å². The summed E-state index contributed by atoms with van der Waals surface area (Å²) in [5, 5.41) is 19.7. The van der Waals surface area contributed by atoms with Gasteiger partial charge < -0.3 is 19.7 Å². The maximum absolute atomic E-state index is 11.8. The summed E-state index contributed by atoms with van der Waals surface area (Å²) in [6.45, 7) is 3.20. The molecule has 7 heteroatoms. The first-order chi connectivity index (χ1) is 11.7. The van der Waals surface area contributed by atoms with E-state index in [0.717, 1.165) is 5.56 Å². The van der Waals surface area contributed by atoms with E-state index in [0.29, 0.717) is 15.8 Å². The smallest absolute Gasteiger partial charge is 0.350 e. The molecule has 134 valence electrons. The average molecular weight is 385 g/mol. The van der Waals surface area contributed by atoms with Crippen LogP contribution in [0.15, 0.2) is 42.5 Å². The molecule has 0 fully saturated rings. The number of carboxylic acids is 1. The number of carbonyl (C=O) groups is 1. The van der Waals surface area contributed by atoms with Gasteiger partial charge >= 0.3 is 5.97 Å². The van der Waals surface area contributed by atoms with Crippen LogP contribution in [-0.4, -0.2) is 27.9 Å². The van der Waals surface area contributed by atoms with E-state index in [1.807, 2.05) is 0 Å². The maximum Gasteiger partial charge on any atom is 0.350 e. The summed E-state index contributed by atoms with van der Waals surface area (Å²) >= 11 is 11.8. The Morgan fingerprint density at radius 3 is 2.36 bits per heavy atom. The topological polar surface area (TPSA) is 76.0 Å². The number of rotatable bonds is 7. The molecule has 2 unspecified atom stereocenters. The molecular formula is C18H18Cl2O5. The van der Waals surface area contributed by atoms with Crippen molar-refractivity contribution < 1.29 is 24.5 Å². The molecule has 0 radical (unpaired) electrons. The molecule has 2 N–H and O–H groups in total. The molecule has 0 heterocycles. The second-order valence-electron chi connectivity index (χ2n) is 5.71. The molecule has 0 amide bonds. The van der Waals surface area contributed by atoms with Gasteiger partial charge in [0.15, 0.2) is 0 Å². The molecule has 0 aliphatic heterocycles. The van der Waals surface area contributed by atoms with Crippen molar-refractivity contribution >= 4 is 29.2 Å². The van der Waals surface area contributed by atoms with Gasteiger partial charge in [0.1, 0.15) is 17.6 Å². The highest BCUT2D eigenvalue weighted by Gasteiger charge is 2.42. The molecule has 2 atom stereocenters. The Morgan fingerprint density at radius 1 is 1.16 bits per heavy atom. The molecule has 2 aromatic rings. The zero-order valence-corrected chi connectivity index (χ0v) is 15.2. The lowest BCUT2D eigenvalue weighted by Gasteiger charge is -2.32. The van der Waals surface area contributed by atoms with Crippen molar-refractivity contribution in [2.75, 3.05) is 0 Å². The number of aliphatic carboxylic acids is 1. The van der Waals surface area contributed by atoms with Gasteiger partial charge in [-0.3, -0.25) is 0 Å². The Balaban J connectivity index is 2.10. The van der Waals surface area contributed by atoms with Crippen LogP contribution in [0, 0.1) is 0 Å². The lowest BCUT2D eigenvalue weighted by molar-refractivity contribution is -0.168. The average Bonchev–Trinajstić information content (AvgIpc) is 2.57. The first kappa shape index (κ1) is 19.4. The molecule has 0 bridgehead atoms. The second-order valence-corrected chi connectivity index (χ2v) is 6.52. The number of benzene rings is 2. The summed E-state index contributed by atoms with van der Waals surface area (Å²) in [6, 6.07) is 10.9. The van der Waals surface area contributed by atoms with E-state index >= 15 is 0 Å². The minimum Gasteiger partial charge on any atom is -0.508 e. The molecule has 0 aliphatic rings. The summed E-state index contributed by atoms with van der Waals surface area (Å²) in [5.41, 5.74) is -0.855. The van der Waals surface area contributed by atoms with Crippen LogP contribution in [0.5, 0.6) is 11.5 Å². The standard InChI is InChI=1S/C18H18Cl2O5/c1-11(24-10-12-3-8-15(19)16(20)9-12)18(2,17(22)23)25-14-6-4-13(21)5-7-14/h3-9,11,21H,10H2,1-2H3,(H,22,23). The first-order valence-electron chi connectivity index (χ1n) is 7.49. The van der Waals surface area contributed by atoms with E-state index in [4.69, 9.17) is 32.7 Å². The summed E-state index contributed by atoms with van der Waals surface area (Å²) in [4.78, 5) is 11.8. The Kier molecular flexibility index (Phi) is 6.16. The highest BCUT2D eigenvalue weighted by atomic mass is 35.5. The third kappa shape index (κ3) is 4.78. The number of halogens is 2. The molecule has 0 saturated heterocycles. The number of hydrogen-bond donors (Lipinski definition) is 2. The number of carboxylic acid groups (broad SMARTS) is 1. The third-order valence-corrected chi connectivity index (χ3v) is 4.59. The normalized spacial score (nSPS) is 14.6. The molecule has 0 aliphatic carbocycles. The Hall–Kier alpha value is -1.95. The summed E-state index contributed by atoms with van der Waals surface area (Å²) in [5.74, 6) is -0.789. The van der Waals surface area contributed by atoms with E-state index in [1.165, 1.54) is 31.2 Å². The van der Waals surface area contributed by atoms with Gasteiger partial charge in [-0.15, -0.1) is 0 Å². The predicted octanol–water partition coefficient (Wildman–Crippen LogP) is 4.53. The van der Waals surface area contributed by atoms with Crippen LogP contribution in [0.3, 0.4) is 0 Å². The highest BCUT2D eigenvalue weighted by molar-refractivity contribution is 6.42. The van der Waals surface area contributed by atoms with Crippen molar-refractivity contribution in [2.24, 2.45) is 0 Å². The number of ether oxygens (including phenoxy) is 2. The van der Waals surface area contributed by atoms with Gasteiger partial charge in [-0.25, -0.2) is 4.79 Å². The first-order valence-corrected chi connectivity index (χ1v) is 8.25. The minimum atomic E-state index is -1.62. The Bertz CT molecular complexity index is 748. The van der Waals surface area contributed by atoms with E-state index in [-0.39, 0.29) is 12.4 Å². The molecule has 0 aromatic heterocycles. The lowest BCUT2D eigenvalue weighted by Crippen LogP contribution is -2.51. The molecule has 2 rings (SSSR count). The van der Waals surface area contributed by atoms with Gasteiger partial charge in [0, 0.05) is 0 Å². The van der Waals surface area contributed by atoms with E-state index < -0.39 is 17.7 Å². The van der Waals surface area contributed by atoms with Crippen molar-refractivity contribution in [3.05, 3.63) is 58.1 Å². The summed E-state index contributed by atoms with van der Waals surface area (Å²) in [6.07, 6.45) is -0.770. The number of aromatic hydroxyl groups is 1. The quantitative estimate of drug-likeness (QED) is 0.733. The fraction of sp³-hybridized carbons (Fsp3) is 0.278. The molecule has 25 heavy (non-hydrogen) atoms. The zero-order chi connectivity index (χ0) is 18.6. The van der Waals surface area contributed by atoms with Crippen molar-refractivity contribution in [3.63, 3.8) is 0 Å². The zero-order valence-electron chi connectivity index (χ0n) is 13.7. The van der Waals surface area contributed by atoms with Crippen molar-refractivity contribution in [3.8, 4) is 11.5 Å². The number of hydrogen-bond acceptors (Lipinski definition) is 4. The molecule has 2 aromatic carbocycles. The van der Waals surface area contributed by atoms with Crippen LogP contribution in [0.2, 0.25) is 10.0 Å². The monoisotopic (exact) mass is 384 g/mol. The van der Waals surface area contributed by atoms with Crippen LogP contribution in [0.25, 0.3) is 0 Å². The SMILES string of the molecule is CC(OCc1ccc(Cl)c(Cl)c1)C(C)(Oc1ccc(O)cc1)C(=O)O. The largest absolute Gasteiger partial charge is 0.508 e. The van der Waals surface area contributed by atoms with Crippen LogP contribution < -0.4 is 4.74 Å². The van der Waals surface area contributed by atoms with Crippen LogP contribution in [0.4, 0.5) is 0 Å². The van der Waals surface area contributed by atoms with Gasteiger partial charge in [0.05, 0.1) is 16.7 Å². The molecular weight excluding hydrogens is 367 g/mol. The highest BCUT2D eigenvalue weighted by Crippen LogP contribution is 2.27. The second kappa shape index (κ2) is 7.95. The van der Waals surface area contributed by atoms with Crippen LogP contribution in [-0.2, 0) is 16.1 Å². The van der Waals surface area contributed by atoms with Gasteiger partial charge in [-0.05, 0) is 55.8 Å². The Morgan fingerprint density at radius 2 is 1.80 bits per heavy atom. The number of phenolic OH excluding ortho intramolecular Hbond substituents is 1. The molecule has 0 saturated carbocycles. The molecule has 0 spiro atoms. The van der Waals surface area contributed by atoms with Crippen molar-refractivity contribution in [1.82, 2.24) is 0 Å². The fourth-order valence-electron chi connectivity index (χ4n) is 2.07.